The molecule has 0 radical (unpaired) electrons. The molecule has 1 aliphatic rings. The highest BCUT2D eigenvalue weighted by molar-refractivity contribution is 5.93. The Morgan fingerprint density at radius 1 is 1.26 bits per heavy atom. The highest BCUT2D eigenvalue weighted by Gasteiger charge is 2.26. The van der Waals surface area contributed by atoms with E-state index in [0.717, 1.165) is 19.4 Å². The largest absolute Gasteiger partial charge is 0.480 e. The van der Waals surface area contributed by atoms with E-state index in [1.54, 1.807) is 35.6 Å². The Hall–Kier alpha value is -2.70. The summed E-state index contributed by atoms with van der Waals surface area (Å²) in [5.41, 5.74) is 0.592. The van der Waals surface area contributed by atoms with E-state index >= 15 is 0 Å². The minimum Gasteiger partial charge on any atom is -0.480 e. The quantitative estimate of drug-likeness (QED) is 0.852. The number of hydrogen-bond acceptors (Lipinski definition) is 6. The molecule has 3 rings (SSSR count). The maximum atomic E-state index is 12.5. The second-order valence-electron chi connectivity index (χ2n) is 5.27. The molecular weight excluding hydrogens is 296 g/mol. The van der Waals surface area contributed by atoms with Crippen molar-refractivity contribution in [1.29, 1.82) is 0 Å². The number of amides is 1. The van der Waals surface area contributed by atoms with E-state index in [9.17, 15) is 4.79 Å². The average Bonchev–Trinajstić information content (AvgIpc) is 2.62. The zero-order valence-corrected chi connectivity index (χ0v) is 12.9. The van der Waals surface area contributed by atoms with Crippen molar-refractivity contribution in [3.05, 3.63) is 42.5 Å². The van der Waals surface area contributed by atoms with Crippen LogP contribution >= 0.6 is 0 Å². The van der Waals surface area contributed by atoms with Crippen LogP contribution in [0.1, 0.15) is 23.2 Å². The molecule has 1 amide bonds. The van der Waals surface area contributed by atoms with Crippen LogP contribution in [0.4, 0.5) is 0 Å². The minimum absolute atomic E-state index is 0.0249. The van der Waals surface area contributed by atoms with Crippen molar-refractivity contribution >= 4 is 5.91 Å². The van der Waals surface area contributed by atoms with Crippen LogP contribution in [-0.4, -0.2) is 52.1 Å². The van der Waals surface area contributed by atoms with Gasteiger partial charge in [-0.05, 0) is 25.0 Å². The second kappa shape index (κ2) is 7.04. The van der Waals surface area contributed by atoms with E-state index in [1.165, 1.54) is 13.3 Å². The molecule has 0 aliphatic carbocycles. The summed E-state index contributed by atoms with van der Waals surface area (Å²) in [4.78, 5) is 26.5. The Bertz CT molecular complexity index is 665. The maximum absolute atomic E-state index is 12.5. The lowest BCUT2D eigenvalue weighted by Gasteiger charge is -2.32. The van der Waals surface area contributed by atoms with E-state index in [4.69, 9.17) is 9.47 Å². The summed E-state index contributed by atoms with van der Waals surface area (Å²) < 4.78 is 10.9. The lowest BCUT2D eigenvalue weighted by atomic mass is 10.1. The van der Waals surface area contributed by atoms with E-state index < -0.39 is 0 Å². The van der Waals surface area contributed by atoms with E-state index in [0.29, 0.717) is 23.9 Å². The van der Waals surface area contributed by atoms with Gasteiger partial charge in [-0.1, -0.05) is 0 Å². The van der Waals surface area contributed by atoms with Crippen molar-refractivity contribution in [1.82, 2.24) is 19.9 Å². The number of aromatic nitrogens is 3. The number of likely N-dealkylation sites (tertiary alicyclic amines) is 1. The molecule has 2 aromatic heterocycles. The third kappa shape index (κ3) is 3.74. The standard InChI is InChI=1S/C16H18N4O3/c1-22-14-9-18-10-15(19-14)23-13-5-3-7-20(11-13)16(21)12-4-2-6-17-8-12/h2,4,6,8-10,13H,3,5,7,11H2,1H3. The number of hydrogen-bond donors (Lipinski definition) is 0. The number of rotatable bonds is 4. The van der Waals surface area contributed by atoms with Gasteiger partial charge in [0.05, 0.1) is 31.6 Å². The van der Waals surface area contributed by atoms with Crippen LogP contribution in [0.5, 0.6) is 11.8 Å². The van der Waals surface area contributed by atoms with Gasteiger partial charge in [0.25, 0.3) is 5.91 Å². The predicted molar refractivity (Wildman–Crippen MR) is 82.4 cm³/mol. The Morgan fingerprint density at radius 3 is 2.91 bits per heavy atom. The van der Waals surface area contributed by atoms with Crippen molar-refractivity contribution in [2.75, 3.05) is 20.2 Å². The first kappa shape index (κ1) is 15.2. The molecule has 7 nitrogen and oxygen atoms in total. The van der Waals surface area contributed by atoms with Crippen molar-refractivity contribution < 1.29 is 14.3 Å². The molecule has 0 N–H and O–H groups in total. The fraction of sp³-hybridized carbons (Fsp3) is 0.375. The van der Waals surface area contributed by atoms with E-state index in [-0.39, 0.29) is 12.0 Å². The molecule has 1 saturated heterocycles. The zero-order chi connectivity index (χ0) is 16.1. The van der Waals surface area contributed by atoms with Crippen molar-refractivity contribution in [2.24, 2.45) is 0 Å². The van der Waals surface area contributed by atoms with Crippen LogP contribution < -0.4 is 9.47 Å². The molecule has 3 heterocycles. The first-order valence-electron chi connectivity index (χ1n) is 7.48. The van der Waals surface area contributed by atoms with Gasteiger partial charge >= 0.3 is 0 Å². The molecule has 0 bridgehead atoms. The first-order valence-corrected chi connectivity index (χ1v) is 7.48. The van der Waals surface area contributed by atoms with Gasteiger partial charge in [0.2, 0.25) is 11.8 Å². The number of piperidine rings is 1. The van der Waals surface area contributed by atoms with Gasteiger partial charge in [-0.2, -0.15) is 4.98 Å². The lowest BCUT2D eigenvalue weighted by molar-refractivity contribution is 0.0525. The SMILES string of the molecule is COc1cncc(OC2CCCN(C(=O)c3cccnc3)C2)n1. The van der Waals surface area contributed by atoms with E-state index in [1.807, 2.05) is 0 Å². The monoisotopic (exact) mass is 314 g/mol. The molecule has 1 unspecified atom stereocenters. The fourth-order valence-corrected chi connectivity index (χ4v) is 2.55. The van der Waals surface area contributed by atoms with Crippen LogP contribution in [-0.2, 0) is 0 Å². The number of methoxy groups -OCH3 is 1. The molecule has 23 heavy (non-hydrogen) atoms. The van der Waals surface area contributed by atoms with Crippen molar-refractivity contribution in [3.63, 3.8) is 0 Å². The first-order chi connectivity index (χ1) is 11.3. The third-order valence-electron chi connectivity index (χ3n) is 3.66. The summed E-state index contributed by atoms with van der Waals surface area (Å²) in [6.07, 6.45) is 7.95. The maximum Gasteiger partial charge on any atom is 0.255 e. The van der Waals surface area contributed by atoms with E-state index in [2.05, 4.69) is 15.0 Å². The van der Waals surface area contributed by atoms with Crippen molar-refractivity contribution in [3.8, 4) is 11.8 Å². The summed E-state index contributed by atoms with van der Waals surface area (Å²) in [7, 11) is 1.53. The Labute approximate surface area is 134 Å². The topological polar surface area (TPSA) is 77.4 Å². The molecule has 1 aliphatic heterocycles. The molecule has 0 saturated carbocycles. The number of ether oxygens (including phenoxy) is 2. The van der Waals surface area contributed by atoms with Gasteiger partial charge in [-0.25, -0.2) is 0 Å². The number of pyridine rings is 1. The highest BCUT2D eigenvalue weighted by Crippen LogP contribution is 2.19. The molecule has 0 spiro atoms. The van der Waals surface area contributed by atoms with Gasteiger partial charge in [-0.15, -0.1) is 0 Å². The second-order valence-corrected chi connectivity index (χ2v) is 5.27. The number of nitrogens with zero attached hydrogens (tertiary/aromatic N) is 4. The highest BCUT2D eigenvalue weighted by atomic mass is 16.5. The summed E-state index contributed by atoms with van der Waals surface area (Å²) in [6, 6.07) is 3.53. The molecule has 2 aromatic rings. The molecule has 120 valence electrons. The van der Waals surface area contributed by atoms with Gasteiger partial charge in [0.1, 0.15) is 6.10 Å². The summed E-state index contributed by atoms with van der Waals surface area (Å²) in [6.45, 7) is 1.24. The third-order valence-corrected chi connectivity index (χ3v) is 3.66. The normalized spacial score (nSPS) is 17.6. The van der Waals surface area contributed by atoms with Crippen LogP contribution in [0.3, 0.4) is 0 Å². The Balaban J connectivity index is 1.65. The molecular formula is C16H18N4O3. The van der Waals surface area contributed by atoms with Crippen molar-refractivity contribution in [2.45, 2.75) is 18.9 Å². The lowest BCUT2D eigenvalue weighted by Crippen LogP contribution is -2.44. The van der Waals surface area contributed by atoms with Crippen LogP contribution in [0, 0.1) is 0 Å². The van der Waals surface area contributed by atoms with Gasteiger partial charge in [0.15, 0.2) is 0 Å². The number of carbonyl (C=O) groups excluding carboxylic acids is 1. The van der Waals surface area contributed by atoms with Crippen LogP contribution in [0.25, 0.3) is 0 Å². The molecule has 0 aromatic carbocycles. The Kier molecular flexibility index (Phi) is 4.65. The van der Waals surface area contributed by atoms with Crippen LogP contribution in [0.15, 0.2) is 36.9 Å². The predicted octanol–water partition coefficient (Wildman–Crippen LogP) is 1.56. The Morgan fingerprint density at radius 2 is 2.13 bits per heavy atom. The smallest absolute Gasteiger partial charge is 0.255 e. The van der Waals surface area contributed by atoms with Crippen LogP contribution in [0.2, 0.25) is 0 Å². The molecule has 1 atom stereocenters. The summed E-state index contributed by atoms with van der Waals surface area (Å²) in [5.74, 6) is 0.787. The number of carbonyl (C=O) groups is 1. The fourth-order valence-electron chi connectivity index (χ4n) is 2.55. The molecule has 1 fully saturated rings. The summed E-state index contributed by atoms with van der Waals surface area (Å²) in [5, 5.41) is 0. The summed E-state index contributed by atoms with van der Waals surface area (Å²) >= 11 is 0. The zero-order valence-electron chi connectivity index (χ0n) is 12.9. The van der Waals surface area contributed by atoms with Gasteiger partial charge < -0.3 is 14.4 Å². The molecule has 7 heteroatoms. The van der Waals surface area contributed by atoms with Gasteiger partial charge in [0, 0.05) is 18.9 Å². The minimum atomic E-state index is -0.106. The average molecular weight is 314 g/mol. The van der Waals surface area contributed by atoms with Gasteiger partial charge in [-0.3, -0.25) is 14.8 Å².